The van der Waals surface area contributed by atoms with Crippen molar-refractivity contribution < 1.29 is 9.53 Å². The molecule has 0 radical (unpaired) electrons. The summed E-state index contributed by atoms with van der Waals surface area (Å²) in [7, 11) is 0. The van der Waals surface area contributed by atoms with Crippen molar-refractivity contribution in [2.24, 2.45) is 10.7 Å². The summed E-state index contributed by atoms with van der Waals surface area (Å²) in [6.07, 6.45) is 2.22. The molecule has 2 N–H and O–H groups in total. The monoisotopic (exact) mass is 225 g/mol. The average molecular weight is 225 g/mol. The molecule has 0 aromatic carbocycles. The predicted octanol–water partition coefficient (Wildman–Crippen LogP) is 1.12. The molecule has 2 amide bonds. The van der Waals surface area contributed by atoms with Crippen LogP contribution < -0.4 is 5.73 Å². The lowest BCUT2D eigenvalue weighted by molar-refractivity contribution is 0.0210. The molecule has 2 heterocycles. The van der Waals surface area contributed by atoms with E-state index in [1.54, 1.807) is 4.90 Å². The third-order valence-corrected chi connectivity index (χ3v) is 3.22. The molecule has 0 bridgehead atoms. The maximum atomic E-state index is 11.7. The predicted molar refractivity (Wildman–Crippen MR) is 61.4 cm³/mol. The number of amidine groups is 1. The molecule has 2 rings (SSSR count). The molecule has 5 nitrogen and oxygen atoms in total. The number of amides is 2. The smallest absolute Gasteiger partial charge is 0.346 e. The molecule has 2 aliphatic heterocycles. The molecule has 1 fully saturated rings. The van der Waals surface area contributed by atoms with Crippen molar-refractivity contribution in [2.75, 3.05) is 0 Å². The zero-order valence-electron chi connectivity index (χ0n) is 10.0. The minimum absolute atomic E-state index is 0.00704. The number of hydrogen-bond acceptors (Lipinski definition) is 3. The summed E-state index contributed by atoms with van der Waals surface area (Å²) in [4.78, 5) is 17.2. The van der Waals surface area contributed by atoms with Crippen LogP contribution in [0.15, 0.2) is 4.99 Å². The Morgan fingerprint density at radius 3 is 2.69 bits per heavy atom. The van der Waals surface area contributed by atoms with Gasteiger partial charge in [-0.15, -0.1) is 0 Å². The van der Waals surface area contributed by atoms with Gasteiger partial charge in [0.15, 0.2) is 0 Å². The first-order valence-corrected chi connectivity index (χ1v) is 5.82. The Morgan fingerprint density at radius 2 is 2.19 bits per heavy atom. The number of nitrogens with two attached hydrogens (primary N) is 1. The van der Waals surface area contributed by atoms with Crippen LogP contribution in [0.3, 0.4) is 0 Å². The summed E-state index contributed by atoms with van der Waals surface area (Å²) < 4.78 is 5.79. The first-order chi connectivity index (χ1) is 7.50. The number of hydrogen-bond donors (Lipinski definition) is 1. The Bertz CT molecular complexity index is 327. The second kappa shape index (κ2) is 4.05. The molecule has 90 valence electrons. The van der Waals surface area contributed by atoms with Gasteiger partial charge in [0.05, 0.1) is 12.2 Å². The molecule has 16 heavy (non-hydrogen) atoms. The van der Waals surface area contributed by atoms with Gasteiger partial charge in [-0.25, -0.2) is 4.79 Å². The van der Waals surface area contributed by atoms with Crippen LogP contribution >= 0.6 is 0 Å². The highest BCUT2D eigenvalue weighted by atomic mass is 16.5. The van der Waals surface area contributed by atoms with E-state index in [1.165, 1.54) is 0 Å². The summed E-state index contributed by atoms with van der Waals surface area (Å²) in [6.45, 7) is 5.98. The number of carbonyl (C=O) groups excluding carboxylic acids is 1. The van der Waals surface area contributed by atoms with E-state index in [0.29, 0.717) is 5.84 Å². The topological polar surface area (TPSA) is 67.9 Å². The second-order valence-corrected chi connectivity index (χ2v) is 4.83. The lowest BCUT2D eigenvalue weighted by Crippen LogP contribution is -2.51. The van der Waals surface area contributed by atoms with Gasteiger partial charge in [0, 0.05) is 6.04 Å². The minimum Gasteiger partial charge on any atom is -0.385 e. The normalized spacial score (nSPS) is 35.0. The van der Waals surface area contributed by atoms with Gasteiger partial charge in [0.1, 0.15) is 11.9 Å². The van der Waals surface area contributed by atoms with Crippen molar-refractivity contribution in [2.45, 2.75) is 57.9 Å². The molecular formula is C11H19N3O2. The largest absolute Gasteiger partial charge is 0.385 e. The van der Waals surface area contributed by atoms with Gasteiger partial charge in [-0.05, 0) is 33.6 Å². The quantitative estimate of drug-likeness (QED) is 0.765. The zero-order valence-corrected chi connectivity index (χ0v) is 10.0. The number of rotatable bonds is 2. The highest BCUT2D eigenvalue weighted by Crippen LogP contribution is 2.28. The van der Waals surface area contributed by atoms with Crippen LogP contribution in [0.5, 0.6) is 0 Å². The lowest BCUT2D eigenvalue weighted by Gasteiger charge is -2.31. The van der Waals surface area contributed by atoms with E-state index in [2.05, 4.69) is 4.99 Å². The number of aliphatic imine (C=N–C) groups is 1. The van der Waals surface area contributed by atoms with Crippen molar-refractivity contribution in [1.29, 1.82) is 0 Å². The lowest BCUT2D eigenvalue weighted by atomic mass is 10.0. The van der Waals surface area contributed by atoms with Gasteiger partial charge in [-0.1, -0.05) is 0 Å². The molecule has 0 aliphatic carbocycles. The number of urea groups is 1. The molecule has 3 unspecified atom stereocenters. The van der Waals surface area contributed by atoms with Crippen molar-refractivity contribution in [3.8, 4) is 0 Å². The summed E-state index contributed by atoms with van der Waals surface area (Å²) in [5.74, 6) is 0.401. The van der Waals surface area contributed by atoms with E-state index in [1.807, 2.05) is 20.8 Å². The molecule has 3 atom stereocenters. The van der Waals surface area contributed by atoms with Crippen LogP contribution in [0.2, 0.25) is 0 Å². The fourth-order valence-corrected chi connectivity index (χ4v) is 2.47. The van der Waals surface area contributed by atoms with Crippen LogP contribution in [0, 0.1) is 0 Å². The van der Waals surface area contributed by atoms with Crippen LogP contribution in [0.4, 0.5) is 4.79 Å². The molecule has 5 heteroatoms. The van der Waals surface area contributed by atoms with Gasteiger partial charge in [0.2, 0.25) is 0 Å². The first-order valence-electron chi connectivity index (χ1n) is 5.82. The fourth-order valence-electron chi connectivity index (χ4n) is 2.47. The van der Waals surface area contributed by atoms with Crippen LogP contribution in [-0.4, -0.2) is 41.1 Å². The standard InChI is InChI=1S/C11H19N3O2/c1-6(2)14-9(10(12)13-11(14)15)8-5-4-7(3)16-8/h6-9H,4-5H2,1-3H3,(H2,12,13,15). The average Bonchev–Trinajstić information content (AvgIpc) is 2.69. The molecule has 0 saturated carbocycles. The Balaban J connectivity index is 2.18. The van der Waals surface area contributed by atoms with Gasteiger partial charge < -0.3 is 15.4 Å². The Kier molecular flexibility index (Phi) is 2.88. The number of nitrogens with zero attached hydrogens (tertiary/aromatic N) is 2. The SMILES string of the molecule is CC1CCC(C2C(N)=NC(=O)N2C(C)C)O1. The zero-order chi connectivity index (χ0) is 11.9. The third-order valence-electron chi connectivity index (χ3n) is 3.22. The molecule has 0 aromatic rings. The number of carbonyl (C=O) groups is 1. The van der Waals surface area contributed by atoms with E-state index in [9.17, 15) is 4.79 Å². The fraction of sp³-hybridized carbons (Fsp3) is 0.818. The molecular weight excluding hydrogens is 206 g/mol. The second-order valence-electron chi connectivity index (χ2n) is 4.83. The number of ether oxygens (including phenoxy) is 1. The van der Waals surface area contributed by atoms with Crippen LogP contribution in [0.25, 0.3) is 0 Å². The molecule has 0 aromatic heterocycles. The first kappa shape index (κ1) is 11.4. The Morgan fingerprint density at radius 1 is 1.50 bits per heavy atom. The van der Waals surface area contributed by atoms with Gasteiger partial charge in [-0.2, -0.15) is 4.99 Å². The summed E-state index contributed by atoms with van der Waals surface area (Å²) in [6, 6.07) is -0.306. The van der Waals surface area contributed by atoms with E-state index in [4.69, 9.17) is 10.5 Å². The molecule has 1 saturated heterocycles. The summed E-state index contributed by atoms with van der Waals surface area (Å²) >= 11 is 0. The Labute approximate surface area is 95.6 Å². The van der Waals surface area contributed by atoms with Crippen molar-refractivity contribution in [1.82, 2.24) is 4.90 Å². The van der Waals surface area contributed by atoms with Crippen molar-refractivity contribution in [3.05, 3.63) is 0 Å². The van der Waals surface area contributed by atoms with E-state index >= 15 is 0 Å². The van der Waals surface area contributed by atoms with Crippen molar-refractivity contribution >= 4 is 11.9 Å². The maximum absolute atomic E-state index is 11.7. The highest BCUT2D eigenvalue weighted by molar-refractivity contribution is 6.03. The van der Waals surface area contributed by atoms with Crippen LogP contribution in [-0.2, 0) is 4.74 Å². The molecule has 2 aliphatic rings. The highest BCUT2D eigenvalue weighted by Gasteiger charge is 2.43. The maximum Gasteiger partial charge on any atom is 0.346 e. The minimum atomic E-state index is -0.236. The van der Waals surface area contributed by atoms with Crippen LogP contribution in [0.1, 0.15) is 33.6 Å². The van der Waals surface area contributed by atoms with Gasteiger partial charge in [-0.3, -0.25) is 0 Å². The van der Waals surface area contributed by atoms with Gasteiger partial charge >= 0.3 is 6.03 Å². The Hall–Kier alpha value is -1.10. The molecule has 0 spiro atoms. The van der Waals surface area contributed by atoms with Crippen molar-refractivity contribution in [3.63, 3.8) is 0 Å². The summed E-state index contributed by atoms with van der Waals surface area (Å²) in [5.41, 5.74) is 5.83. The van der Waals surface area contributed by atoms with Gasteiger partial charge in [0.25, 0.3) is 0 Å². The van der Waals surface area contributed by atoms with E-state index in [0.717, 1.165) is 12.8 Å². The van der Waals surface area contributed by atoms with E-state index < -0.39 is 0 Å². The summed E-state index contributed by atoms with van der Waals surface area (Å²) in [5, 5.41) is 0. The third kappa shape index (κ3) is 1.80. The van der Waals surface area contributed by atoms with E-state index in [-0.39, 0.29) is 30.3 Å².